The number of halogens is 1. The standard InChI is InChI=1S/C35H45BFN5O2/c1-7-26-29(37)13-11-14-30(26)40-32-27(8-2)31(17-19-36(6)23-38)41-33(32)28-18-20-39-22-24(28)15-16-25-12-9-10-21-42(25)34(43)44-35(3,4)5/h8,11,13-14,18,20,22,25,40-41H,2,7,9-10,12,15-17,19,21H2,1,3-6H3. The quantitative estimate of drug-likeness (QED) is 0.216. The van der Waals surface area contributed by atoms with Gasteiger partial charge in [0.1, 0.15) is 11.4 Å². The molecule has 1 aliphatic heterocycles. The predicted octanol–water partition coefficient (Wildman–Crippen LogP) is 8.62. The number of likely N-dealkylation sites (tertiary alicyclic amines) is 1. The van der Waals surface area contributed by atoms with Gasteiger partial charge in [-0.2, -0.15) is 0 Å². The lowest BCUT2D eigenvalue weighted by Crippen LogP contribution is -2.46. The van der Waals surface area contributed by atoms with Crippen LogP contribution in [0.15, 0.2) is 43.2 Å². The Morgan fingerprint density at radius 1 is 1.32 bits per heavy atom. The summed E-state index contributed by atoms with van der Waals surface area (Å²) in [5.41, 5.74) is 6.38. The lowest BCUT2D eigenvalue weighted by atomic mass is 9.50. The molecule has 9 heteroatoms. The van der Waals surface area contributed by atoms with E-state index in [-0.39, 0.29) is 24.7 Å². The molecule has 0 aliphatic carbocycles. The van der Waals surface area contributed by atoms with Crippen molar-refractivity contribution < 1.29 is 13.9 Å². The Balaban J connectivity index is 1.71. The smallest absolute Gasteiger partial charge is 0.410 e. The molecule has 2 N–H and O–H groups in total. The molecule has 1 atom stereocenters. The first-order chi connectivity index (χ1) is 21.1. The number of nitrogens with zero attached hydrogens (tertiary/aromatic N) is 3. The van der Waals surface area contributed by atoms with E-state index in [1.807, 2.05) is 63.8 Å². The molecule has 0 saturated carbocycles. The summed E-state index contributed by atoms with van der Waals surface area (Å²) in [5, 5.41) is 13.0. The van der Waals surface area contributed by atoms with Gasteiger partial charge in [-0.15, -0.1) is 0 Å². The van der Waals surface area contributed by atoms with E-state index in [9.17, 15) is 14.4 Å². The molecule has 1 aliphatic rings. The third-order valence-corrected chi connectivity index (χ3v) is 8.28. The molecule has 7 nitrogen and oxygen atoms in total. The molecule has 0 spiro atoms. The van der Waals surface area contributed by atoms with Gasteiger partial charge in [-0.3, -0.25) is 4.98 Å². The van der Waals surface area contributed by atoms with E-state index in [0.29, 0.717) is 37.0 Å². The van der Waals surface area contributed by atoms with Gasteiger partial charge in [0, 0.05) is 59.0 Å². The largest absolute Gasteiger partial charge is 0.444 e. The third-order valence-electron chi connectivity index (χ3n) is 8.28. The van der Waals surface area contributed by atoms with Gasteiger partial charge in [-0.25, -0.2) is 14.4 Å². The van der Waals surface area contributed by atoms with Gasteiger partial charge in [0.25, 0.3) is 6.71 Å². The van der Waals surface area contributed by atoms with Crippen molar-refractivity contribution in [3.05, 3.63) is 71.4 Å². The van der Waals surface area contributed by atoms with Gasteiger partial charge < -0.3 is 19.9 Å². The Morgan fingerprint density at radius 3 is 2.82 bits per heavy atom. The number of pyridine rings is 1. The second-order valence-corrected chi connectivity index (χ2v) is 12.7. The second kappa shape index (κ2) is 14.6. The second-order valence-electron chi connectivity index (χ2n) is 12.7. The number of hydrogen-bond donors (Lipinski definition) is 2. The van der Waals surface area contributed by atoms with Gasteiger partial charge in [0.15, 0.2) is 0 Å². The first-order valence-corrected chi connectivity index (χ1v) is 15.8. The first-order valence-electron chi connectivity index (χ1n) is 15.8. The number of benzene rings is 1. The molecule has 44 heavy (non-hydrogen) atoms. The van der Waals surface area contributed by atoms with Crippen LogP contribution in [0.2, 0.25) is 13.1 Å². The fourth-order valence-electron chi connectivity index (χ4n) is 5.97. The van der Waals surface area contributed by atoms with E-state index < -0.39 is 5.60 Å². The number of carbonyl (C=O) groups excluding carboxylic acids is 1. The van der Waals surface area contributed by atoms with E-state index in [2.05, 4.69) is 27.8 Å². The molecule has 1 fully saturated rings. The van der Waals surface area contributed by atoms with Crippen molar-refractivity contribution in [3.63, 3.8) is 0 Å². The Labute approximate surface area is 262 Å². The number of rotatable bonds is 11. The first kappa shape index (κ1) is 32.9. The number of nitriles is 1. The minimum atomic E-state index is -0.544. The molecule has 1 amide bonds. The highest BCUT2D eigenvalue weighted by Crippen LogP contribution is 2.39. The van der Waals surface area contributed by atoms with Crippen LogP contribution in [-0.2, 0) is 24.0 Å². The van der Waals surface area contributed by atoms with E-state index >= 15 is 0 Å². The predicted molar refractivity (Wildman–Crippen MR) is 178 cm³/mol. The molecule has 1 aromatic carbocycles. The number of piperidine rings is 1. The Bertz CT molecular complexity index is 1510. The zero-order chi connectivity index (χ0) is 31.9. The fraction of sp³-hybridized carbons (Fsp3) is 0.457. The number of H-pyrrole nitrogens is 1. The van der Waals surface area contributed by atoms with E-state index in [1.165, 1.54) is 6.07 Å². The highest BCUT2D eigenvalue weighted by atomic mass is 19.1. The Kier molecular flexibility index (Phi) is 10.9. The lowest BCUT2D eigenvalue weighted by molar-refractivity contribution is 0.00891. The lowest BCUT2D eigenvalue weighted by Gasteiger charge is -2.37. The summed E-state index contributed by atoms with van der Waals surface area (Å²) in [6.07, 6.45) is 11.6. The molecular weight excluding hydrogens is 552 g/mol. The highest BCUT2D eigenvalue weighted by molar-refractivity contribution is 6.65. The van der Waals surface area contributed by atoms with Crippen molar-refractivity contribution in [2.45, 2.75) is 97.4 Å². The maximum atomic E-state index is 14.8. The molecule has 232 valence electrons. The molecule has 2 aromatic heterocycles. The third kappa shape index (κ3) is 7.90. The molecule has 1 unspecified atom stereocenters. The van der Waals surface area contributed by atoms with Gasteiger partial charge in [0.2, 0.25) is 0 Å². The molecule has 0 bridgehead atoms. The van der Waals surface area contributed by atoms with E-state index in [1.54, 1.807) is 12.3 Å². The van der Waals surface area contributed by atoms with Crippen LogP contribution in [-0.4, -0.2) is 45.9 Å². The zero-order valence-corrected chi connectivity index (χ0v) is 26.8. The molecule has 3 aromatic rings. The summed E-state index contributed by atoms with van der Waals surface area (Å²) >= 11 is 0. The van der Waals surface area contributed by atoms with Gasteiger partial charge in [0.05, 0.1) is 11.4 Å². The molecule has 4 rings (SSSR count). The van der Waals surface area contributed by atoms with Crippen molar-refractivity contribution in [2.24, 2.45) is 0 Å². The van der Waals surface area contributed by atoms with Crippen LogP contribution in [0.25, 0.3) is 17.3 Å². The topological polar surface area (TPSA) is 94.0 Å². The number of ether oxygens (including phenoxy) is 1. The van der Waals surface area contributed by atoms with Crippen molar-refractivity contribution in [1.29, 1.82) is 5.26 Å². The minimum Gasteiger partial charge on any atom is -0.444 e. The zero-order valence-electron chi connectivity index (χ0n) is 26.8. The number of carbonyl (C=O) groups is 1. The van der Waals surface area contributed by atoms with Crippen LogP contribution < -0.4 is 5.32 Å². The number of aryl methyl sites for hydroxylation is 2. The average Bonchev–Trinajstić information content (AvgIpc) is 3.34. The van der Waals surface area contributed by atoms with Crippen molar-refractivity contribution in [1.82, 2.24) is 14.9 Å². The van der Waals surface area contributed by atoms with Crippen LogP contribution in [0, 0.1) is 17.0 Å². The van der Waals surface area contributed by atoms with Crippen molar-refractivity contribution in [2.75, 3.05) is 11.9 Å². The van der Waals surface area contributed by atoms with Crippen molar-refractivity contribution >= 4 is 30.3 Å². The Hall–Kier alpha value is -4.06. The maximum absolute atomic E-state index is 14.8. The van der Waals surface area contributed by atoms with Crippen LogP contribution in [0.5, 0.6) is 0 Å². The van der Waals surface area contributed by atoms with Crippen LogP contribution in [0.3, 0.4) is 0 Å². The number of aromatic amines is 1. The van der Waals surface area contributed by atoms with Crippen LogP contribution in [0.1, 0.15) is 75.8 Å². The summed E-state index contributed by atoms with van der Waals surface area (Å²) in [5.74, 6) is 2.08. The number of hydrogen-bond acceptors (Lipinski definition) is 5. The molecular formula is C35H45BFN5O2. The van der Waals surface area contributed by atoms with E-state index in [0.717, 1.165) is 65.9 Å². The summed E-state index contributed by atoms with van der Waals surface area (Å²) in [6.45, 7) is 14.3. The number of amides is 1. The monoisotopic (exact) mass is 597 g/mol. The SMILES string of the molecule is C=Cc1c(CCB(C)C#N)[nH]c(-c2ccncc2CCC2CCCCN2C(=O)OC(C)(C)C)c1Nc1cccc(F)c1CC. The maximum Gasteiger partial charge on any atom is 0.410 e. The molecule has 3 heterocycles. The normalized spacial score (nSPS) is 15.0. The summed E-state index contributed by atoms with van der Waals surface area (Å²) in [7, 11) is 0. The summed E-state index contributed by atoms with van der Waals surface area (Å²) in [6, 6.07) is 7.17. The minimum absolute atomic E-state index is 0.0825. The Morgan fingerprint density at radius 2 is 2.11 bits per heavy atom. The number of aromatic nitrogens is 2. The van der Waals surface area contributed by atoms with Crippen LogP contribution in [0.4, 0.5) is 20.6 Å². The van der Waals surface area contributed by atoms with Crippen molar-refractivity contribution in [3.8, 4) is 17.2 Å². The van der Waals surface area contributed by atoms with E-state index in [4.69, 9.17) is 4.74 Å². The summed E-state index contributed by atoms with van der Waals surface area (Å²) in [4.78, 5) is 23.1. The van der Waals surface area contributed by atoms with Crippen LogP contribution >= 0.6 is 0 Å². The molecule has 1 saturated heterocycles. The van der Waals surface area contributed by atoms with Gasteiger partial charge in [-0.1, -0.05) is 38.8 Å². The molecule has 0 radical (unpaired) electrons. The average molecular weight is 598 g/mol. The number of anilines is 2. The fourth-order valence-corrected chi connectivity index (χ4v) is 5.97. The van der Waals surface area contributed by atoms with Gasteiger partial charge in [-0.05, 0) is 89.5 Å². The van der Waals surface area contributed by atoms with Gasteiger partial charge >= 0.3 is 6.09 Å². The number of nitrogens with one attached hydrogen (secondary N) is 2. The summed E-state index contributed by atoms with van der Waals surface area (Å²) < 4.78 is 20.5. The highest BCUT2D eigenvalue weighted by Gasteiger charge is 2.31.